The normalized spacial score (nSPS) is 15.0. The Morgan fingerprint density at radius 1 is 0.841 bits per heavy atom. The number of rotatable bonds is 7. The molecule has 3 amide bonds. The number of aromatic nitrogens is 1. The van der Waals surface area contributed by atoms with Gasteiger partial charge in [0.1, 0.15) is 11.9 Å². The van der Waals surface area contributed by atoms with Gasteiger partial charge in [0.25, 0.3) is 17.7 Å². The third-order valence-electron chi connectivity index (χ3n) is 8.22. The molecule has 1 aliphatic rings. The Kier molecular flexibility index (Phi) is 7.74. The SMILES string of the molecule is CC(C)CC(C(=O)NNC(=O)c1ccccc1F)N1C(=O)c2ccccc2C1c1c(-c2ccccc2)n(C)c2ccccc12. The van der Waals surface area contributed by atoms with Crippen molar-refractivity contribution in [3.05, 3.63) is 131 Å². The summed E-state index contributed by atoms with van der Waals surface area (Å²) < 4.78 is 16.4. The summed E-state index contributed by atoms with van der Waals surface area (Å²) in [4.78, 5) is 42.7. The third kappa shape index (κ3) is 5.02. The monoisotopic (exact) mass is 588 g/mol. The van der Waals surface area contributed by atoms with E-state index >= 15 is 0 Å². The summed E-state index contributed by atoms with van der Waals surface area (Å²) in [6, 6.07) is 29.6. The van der Waals surface area contributed by atoms with Crippen molar-refractivity contribution in [3.8, 4) is 11.3 Å². The predicted octanol–water partition coefficient (Wildman–Crippen LogP) is 6.41. The zero-order valence-corrected chi connectivity index (χ0v) is 24.8. The van der Waals surface area contributed by atoms with Crippen LogP contribution in [0.25, 0.3) is 22.2 Å². The molecule has 4 aromatic carbocycles. The number of fused-ring (bicyclic) bond motifs is 2. The molecule has 5 aromatic rings. The number of halogens is 1. The van der Waals surface area contributed by atoms with Crippen LogP contribution < -0.4 is 10.9 Å². The molecule has 0 saturated heterocycles. The molecule has 2 heterocycles. The minimum Gasteiger partial charge on any atom is -0.343 e. The molecule has 2 N–H and O–H groups in total. The molecule has 2 atom stereocenters. The lowest BCUT2D eigenvalue weighted by atomic mass is 9.91. The molecular weight excluding hydrogens is 555 g/mol. The maximum atomic E-state index is 14.3. The highest BCUT2D eigenvalue weighted by Crippen LogP contribution is 2.47. The lowest BCUT2D eigenvalue weighted by molar-refractivity contribution is -0.127. The van der Waals surface area contributed by atoms with E-state index in [0.29, 0.717) is 12.0 Å². The van der Waals surface area contributed by atoms with Gasteiger partial charge in [0.05, 0.1) is 17.3 Å². The van der Waals surface area contributed by atoms with Crippen molar-refractivity contribution in [2.75, 3.05) is 0 Å². The van der Waals surface area contributed by atoms with Gasteiger partial charge in [-0.1, -0.05) is 92.7 Å². The third-order valence-corrected chi connectivity index (χ3v) is 8.22. The fourth-order valence-electron chi connectivity index (χ4n) is 6.30. The van der Waals surface area contributed by atoms with E-state index in [1.54, 1.807) is 17.0 Å². The van der Waals surface area contributed by atoms with E-state index in [9.17, 15) is 18.8 Å². The summed E-state index contributed by atoms with van der Waals surface area (Å²) in [5, 5.41) is 0.977. The molecule has 8 heteroatoms. The molecule has 2 unspecified atom stereocenters. The van der Waals surface area contributed by atoms with Crippen LogP contribution in [0.1, 0.15) is 58.2 Å². The van der Waals surface area contributed by atoms with Crippen LogP contribution in [0.3, 0.4) is 0 Å². The van der Waals surface area contributed by atoms with Gasteiger partial charge in [-0.3, -0.25) is 25.2 Å². The van der Waals surface area contributed by atoms with Crippen LogP contribution in [0.15, 0.2) is 103 Å². The van der Waals surface area contributed by atoms with Crippen molar-refractivity contribution < 1.29 is 18.8 Å². The molecule has 1 aromatic heterocycles. The molecular formula is C36H33FN4O3. The topological polar surface area (TPSA) is 83.4 Å². The molecule has 222 valence electrons. The fourth-order valence-corrected chi connectivity index (χ4v) is 6.30. The van der Waals surface area contributed by atoms with E-state index < -0.39 is 29.7 Å². The summed E-state index contributed by atoms with van der Waals surface area (Å²) in [6.07, 6.45) is 0.336. The maximum Gasteiger partial charge on any atom is 0.272 e. The first-order chi connectivity index (χ1) is 21.3. The van der Waals surface area contributed by atoms with Crippen LogP contribution in [0.4, 0.5) is 4.39 Å². The molecule has 44 heavy (non-hydrogen) atoms. The minimum absolute atomic E-state index is 0.0336. The first-order valence-electron chi connectivity index (χ1n) is 14.7. The van der Waals surface area contributed by atoms with Crippen molar-refractivity contribution >= 4 is 28.6 Å². The van der Waals surface area contributed by atoms with E-state index in [2.05, 4.69) is 21.5 Å². The van der Waals surface area contributed by atoms with Gasteiger partial charge < -0.3 is 9.47 Å². The van der Waals surface area contributed by atoms with Gasteiger partial charge >= 0.3 is 0 Å². The molecule has 0 aliphatic carbocycles. The van der Waals surface area contributed by atoms with Gasteiger partial charge in [0.15, 0.2) is 0 Å². The average molecular weight is 589 g/mol. The Balaban J connectivity index is 1.48. The Labute approximate surface area is 255 Å². The van der Waals surface area contributed by atoms with Gasteiger partial charge in [-0.15, -0.1) is 0 Å². The second-order valence-electron chi connectivity index (χ2n) is 11.5. The molecule has 0 bridgehead atoms. The number of nitrogens with one attached hydrogen (secondary N) is 2. The molecule has 6 rings (SSSR count). The average Bonchev–Trinajstić information content (AvgIpc) is 3.49. The standard InChI is InChI=1S/C36H33FN4O3/c1-22(2)21-30(35(43)39-38-34(42)26-17-9-11-19-28(26)37)41-33(24-15-7-8-16-25(24)36(41)44)31-27-18-10-12-20-29(27)40(3)32(31)23-13-5-4-6-14-23/h4-20,22,30,33H,21H2,1-3H3,(H,38,42)(H,39,43). The van der Waals surface area contributed by atoms with Crippen molar-refractivity contribution in [2.24, 2.45) is 13.0 Å². The highest BCUT2D eigenvalue weighted by molar-refractivity contribution is 6.05. The number of aryl methyl sites for hydroxylation is 1. The van der Waals surface area contributed by atoms with Crippen LogP contribution in [-0.2, 0) is 11.8 Å². The first kappa shape index (κ1) is 28.9. The van der Waals surface area contributed by atoms with E-state index in [1.807, 2.05) is 87.6 Å². The quantitative estimate of drug-likeness (QED) is 0.216. The highest BCUT2D eigenvalue weighted by Gasteiger charge is 2.46. The van der Waals surface area contributed by atoms with Crippen molar-refractivity contribution in [2.45, 2.75) is 32.4 Å². The van der Waals surface area contributed by atoms with Gasteiger partial charge in [-0.25, -0.2) is 4.39 Å². The van der Waals surface area contributed by atoms with Crippen LogP contribution in [-0.4, -0.2) is 33.2 Å². The van der Waals surface area contributed by atoms with Crippen LogP contribution >= 0.6 is 0 Å². The van der Waals surface area contributed by atoms with E-state index in [0.717, 1.165) is 33.3 Å². The first-order valence-corrected chi connectivity index (χ1v) is 14.7. The lowest BCUT2D eigenvalue weighted by Gasteiger charge is -2.34. The smallest absolute Gasteiger partial charge is 0.272 e. The Morgan fingerprint density at radius 3 is 2.25 bits per heavy atom. The second kappa shape index (κ2) is 11.8. The number of hydrogen-bond donors (Lipinski definition) is 2. The Morgan fingerprint density at radius 2 is 1.50 bits per heavy atom. The van der Waals surface area contributed by atoms with Crippen molar-refractivity contribution in [3.63, 3.8) is 0 Å². The van der Waals surface area contributed by atoms with Gasteiger partial charge in [0.2, 0.25) is 0 Å². The summed E-state index contributed by atoms with van der Waals surface area (Å²) in [5.41, 5.74) is 9.85. The number of hydrazine groups is 1. The van der Waals surface area contributed by atoms with Gasteiger partial charge in [-0.2, -0.15) is 0 Å². The molecule has 0 radical (unpaired) electrons. The van der Waals surface area contributed by atoms with Gasteiger partial charge in [0, 0.05) is 29.1 Å². The summed E-state index contributed by atoms with van der Waals surface area (Å²) in [7, 11) is 2.01. The van der Waals surface area contributed by atoms with E-state index in [1.165, 1.54) is 18.2 Å². The van der Waals surface area contributed by atoms with Crippen molar-refractivity contribution in [1.29, 1.82) is 0 Å². The zero-order chi connectivity index (χ0) is 31.0. The highest BCUT2D eigenvalue weighted by atomic mass is 19.1. The number of benzene rings is 4. The number of para-hydroxylation sites is 1. The largest absolute Gasteiger partial charge is 0.343 e. The molecule has 1 aliphatic heterocycles. The van der Waals surface area contributed by atoms with Crippen LogP contribution in [0.2, 0.25) is 0 Å². The summed E-state index contributed by atoms with van der Waals surface area (Å²) in [6.45, 7) is 3.96. The summed E-state index contributed by atoms with van der Waals surface area (Å²) in [5.74, 6) is -2.28. The maximum absolute atomic E-state index is 14.3. The predicted molar refractivity (Wildman–Crippen MR) is 168 cm³/mol. The van der Waals surface area contributed by atoms with Crippen LogP contribution in [0, 0.1) is 11.7 Å². The molecule has 0 spiro atoms. The lowest BCUT2D eigenvalue weighted by Crippen LogP contribution is -2.54. The van der Waals surface area contributed by atoms with E-state index in [-0.39, 0.29) is 17.4 Å². The molecule has 0 fully saturated rings. The number of nitrogens with zero attached hydrogens (tertiary/aromatic N) is 2. The number of carbonyl (C=O) groups excluding carboxylic acids is 3. The Bertz CT molecular complexity index is 1880. The molecule has 0 saturated carbocycles. The number of carbonyl (C=O) groups is 3. The minimum atomic E-state index is -0.941. The van der Waals surface area contributed by atoms with Crippen molar-refractivity contribution in [1.82, 2.24) is 20.3 Å². The van der Waals surface area contributed by atoms with E-state index in [4.69, 9.17) is 0 Å². The summed E-state index contributed by atoms with van der Waals surface area (Å²) >= 11 is 0. The van der Waals surface area contributed by atoms with Gasteiger partial charge in [-0.05, 0) is 47.7 Å². The zero-order valence-electron chi connectivity index (χ0n) is 24.8. The number of amides is 3. The second-order valence-corrected chi connectivity index (χ2v) is 11.5. The number of hydrogen-bond acceptors (Lipinski definition) is 3. The molecule has 7 nitrogen and oxygen atoms in total. The fraction of sp³-hybridized carbons (Fsp3) is 0.194. The Hall–Kier alpha value is -5.24. The van der Waals surface area contributed by atoms with Crippen LogP contribution in [0.5, 0.6) is 0 Å².